The average Bonchev–Trinajstić information content (AvgIpc) is 2.35. The van der Waals surface area contributed by atoms with E-state index in [0.717, 1.165) is 25.1 Å². The lowest BCUT2D eigenvalue weighted by atomic mass is 9.92. The normalized spacial score (nSPS) is 25.7. The van der Waals surface area contributed by atoms with E-state index in [1.807, 2.05) is 6.07 Å². The number of rotatable bonds is 2. The Morgan fingerprint density at radius 2 is 2.16 bits per heavy atom. The molecule has 1 heterocycles. The molecule has 0 aromatic heterocycles. The number of hydrogen-bond acceptors (Lipinski definition) is 2. The van der Waals surface area contributed by atoms with E-state index in [9.17, 15) is 4.39 Å². The third kappa shape index (κ3) is 3.82. The molecule has 2 rings (SSSR count). The second kappa shape index (κ2) is 6.89. The molecule has 1 aliphatic heterocycles. The summed E-state index contributed by atoms with van der Waals surface area (Å²) in [4.78, 5) is 2.39. The van der Waals surface area contributed by atoms with Crippen LogP contribution in [-0.4, -0.2) is 24.0 Å². The third-order valence-electron chi connectivity index (χ3n) is 3.98. The first kappa shape index (κ1) is 16.7. The van der Waals surface area contributed by atoms with Crippen LogP contribution in [0.15, 0.2) is 18.2 Å². The van der Waals surface area contributed by atoms with Gasteiger partial charge in [0, 0.05) is 25.2 Å². The van der Waals surface area contributed by atoms with E-state index >= 15 is 0 Å². The number of nitrogens with zero attached hydrogens (tertiary/aromatic N) is 1. The Bertz CT molecular complexity index is 428. The number of halogens is 3. The van der Waals surface area contributed by atoms with Crippen molar-refractivity contribution in [2.45, 2.75) is 32.4 Å². The van der Waals surface area contributed by atoms with Crippen molar-refractivity contribution in [3.8, 4) is 0 Å². The van der Waals surface area contributed by atoms with Crippen molar-refractivity contribution >= 4 is 24.0 Å². The maximum absolute atomic E-state index is 13.2. The van der Waals surface area contributed by atoms with Gasteiger partial charge in [0.05, 0.1) is 5.02 Å². The predicted octanol–water partition coefficient (Wildman–Crippen LogP) is 3.63. The Hall–Kier alpha value is -0.350. The summed E-state index contributed by atoms with van der Waals surface area (Å²) >= 11 is 5.84. The summed E-state index contributed by atoms with van der Waals surface area (Å²) in [5.41, 5.74) is 7.09. The summed E-state index contributed by atoms with van der Waals surface area (Å²) in [6.45, 7) is 6.29. The molecule has 1 saturated heterocycles. The van der Waals surface area contributed by atoms with Gasteiger partial charge in [-0.3, -0.25) is 4.90 Å². The van der Waals surface area contributed by atoms with E-state index in [4.69, 9.17) is 17.3 Å². The van der Waals surface area contributed by atoms with Crippen molar-refractivity contribution in [1.29, 1.82) is 0 Å². The van der Waals surface area contributed by atoms with Crippen LogP contribution in [0.3, 0.4) is 0 Å². The molecule has 1 fully saturated rings. The minimum absolute atomic E-state index is 0. The van der Waals surface area contributed by atoms with Gasteiger partial charge in [0.15, 0.2) is 0 Å². The number of likely N-dealkylation sites (tertiary alicyclic amines) is 1. The molecular formula is C14H21Cl2FN2. The van der Waals surface area contributed by atoms with Crippen LogP contribution in [0, 0.1) is 11.7 Å². The lowest BCUT2D eigenvalue weighted by molar-refractivity contribution is 0.124. The van der Waals surface area contributed by atoms with Gasteiger partial charge >= 0.3 is 0 Å². The molecule has 1 aromatic rings. The zero-order valence-corrected chi connectivity index (χ0v) is 12.8. The summed E-state index contributed by atoms with van der Waals surface area (Å²) in [6, 6.07) is 5.52. The van der Waals surface area contributed by atoms with Gasteiger partial charge in [-0.25, -0.2) is 4.39 Å². The van der Waals surface area contributed by atoms with Gasteiger partial charge in [-0.05, 0) is 37.0 Å². The highest BCUT2D eigenvalue weighted by Crippen LogP contribution is 2.28. The highest BCUT2D eigenvalue weighted by Gasteiger charge is 2.26. The Morgan fingerprint density at radius 3 is 2.74 bits per heavy atom. The highest BCUT2D eigenvalue weighted by atomic mass is 35.5. The van der Waals surface area contributed by atoms with Gasteiger partial charge in [0.2, 0.25) is 0 Å². The molecule has 19 heavy (non-hydrogen) atoms. The Kier molecular flexibility index (Phi) is 6.06. The molecule has 0 spiro atoms. The molecule has 108 valence electrons. The molecule has 0 saturated carbocycles. The summed E-state index contributed by atoms with van der Waals surface area (Å²) < 4.78 is 13.2. The molecule has 2 N–H and O–H groups in total. The van der Waals surface area contributed by atoms with Crippen LogP contribution in [0.5, 0.6) is 0 Å². The molecule has 2 nitrogen and oxygen atoms in total. The van der Waals surface area contributed by atoms with Gasteiger partial charge in [-0.2, -0.15) is 0 Å². The molecule has 3 atom stereocenters. The molecule has 0 amide bonds. The average molecular weight is 307 g/mol. The van der Waals surface area contributed by atoms with Crippen molar-refractivity contribution in [3.05, 3.63) is 34.6 Å². The van der Waals surface area contributed by atoms with Crippen LogP contribution in [0.25, 0.3) is 0 Å². The summed E-state index contributed by atoms with van der Waals surface area (Å²) in [6.07, 6.45) is 1.01. The Labute approximate surface area is 125 Å². The van der Waals surface area contributed by atoms with Crippen LogP contribution >= 0.6 is 24.0 Å². The maximum atomic E-state index is 13.2. The van der Waals surface area contributed by atoms with Gasteiger partial charge in [0.1, 0.15) is 5.82 Å². The Morgan fingerprint density at radius 1 is 1.47 bits per heavy atom. The molecule has 0 aliphatic carbocycles. The zero-order chi connectivity index (χ0) is 13.3. The number of benzene rings is 1. The van der Waals surface area contributed by atoms with Crippen molar-refractivity contribution in [2.75, 3.05) is 13.1 Å². The summed E-state index contributed by atoms with van der Waals surface area (Å²) in [5.74, 6) is 0.138. The second-order valence-electron chi connectivity index (χ2n) is 5.27. The SMILES string of the molecule is CC1CN(C(C)c2ccc(F)c(Cl)c2)CCC1N.Cl. The van der Waals surface area contributed by atoms with E-state index in [-0.39, 0.29) is 29.3 Å². The highest BCUT2D eigenvalue weighted by molar-refractivity contribution is 6.30. The van der Waals surface area contributed by atoms with Crippen LogP contribution in [0.2, 0.25) is 5.02 Å². The minimum Gasteiger partial charge on any atom is -0.327 e. The molecule has 0 radical (unpaired) electrons. The van der Waals surface area contributed by atoms with Crippen LogP contribution in [0.4, 0.5) is 4.39 Å². The van der Waals surface area contributed by atoms with Gasteiger partial charge in [-0.15, -0.1) is 12.4 Å². The zero-order valence-electron chi connectivity index (χ0n) is 11.3. The fraction of sp³-hybridized carbons (Fsp3) is 0.571. The first-order valence-corrected chi connectivity index (χ1v) is 6.81. The largest absolute Gasteiger partial charge is 0.327 e. The molecule has 5 heteroatoms. The summed E-state index contributed by atoms with van der Waals surface area (Å²) in [7, 11) is 0. The second-order valence-corrected chi connectivity index (χ2v) is 5.68. The molecule has 3 unspecified atom stereocenters. The molecular weight excluding hydrogens is 286 g/mol. The lowest BCUT2D eigenvalue weighted by Crippen LogP contribution is -2.46. The fourth-order valence-corrected chi connectivity index (χ4v) is 2.72. The van der Waals surface area contributed by atoms with Crippen LogP contribution in [-0.2, 0) is 0 Å². The van der Waals surface area contributed by atoms with E-state index in [1.165, 1.54) is 6.07 Å². The Balaban J connectivity index is 0.00000180. The molecule has 0 bridgehead atoms. The van der Waals surface area contributed by atoms with Crippen LogP contribution < -0.4 is 5.73 Å². The first-order chi connectivity index (χ1) is 8.49. The standard InChI is InChI=1S/C14H20ClFN2.ClH/c1-9-8-18(6-5-14(9)17)10(2)11-3-4-13(16)12(15)7-11;/h3-4,7,9-10,14H,5-6,8,17H2,1-2H3;1H. The lowest BCUT2D eigenvalue weighted by Gasteiger charge is -2.38. The fourth-order valence-electron chi connectivity index (χ4n) is 2.53. The van der Waals surface area contributed by atoms with Crippen molar-refractivity contribution < 1.29 is 4.39 Å². The van der Waals surface area contributed by atoms with E-state index in [1.54, 1.807) is 6.07 Å². The first-order valence-electron chi connectivity index (χ1n) is 6.43. The number of hydrogen-bond donors (Lipinski definition) is 1. The molecule has 1 aromatic carbocycles. The maximum Gasteiger partial charge on any atom is 0.141 e. The molecule has 1 aliphatic rings. The summed E-state index contributed by atoms with van der Waals surface area (Å²) in [5, 5.41) is 0.195. The predicted molar refractivity (Wildman–Crippen MR) is 80.4 cm³/mol. The van der Waals surface area contributed by atoms with Gasteiger partial charge in [0.25, 0.3) is 0 Å². The van der Waals surface area contributed by atoms with Crippen molar-refractivity contribution in [2.24, 2.45) is 11.7 Å². The van der Waals surface area contributed by atoms with E-state index in [0.29, 0.717) is 12.0 Å². The van der Waals surface area contributed by atoms with Crippen molar-refractivity contribution in [1.82, 2.24) is 4.90 Å². The quantitative estimate of drug-likeness (QED) is 0.904. The van der Waals surface area contributed by atoms with Gasteiger partial charge < -0.3 is 5.73 Å². The van der Waals surface area contributed by atoms with Gasteiger partial charge in [-0.1, -0.05) is 24.6 Å². The number of nitrogens with two attached hydrogens (primary N) is 1. The minimum atomic E-state index is -0.360. The van der Waals surface area contributed by atoms with E-state index < -0.39 is 0 Å². The van der Waals surface area contributed by atoms with E-state index in [2.05, 4.69) is 18.7 Å². The monoisotopic (exact) mass is 306 g/mol. The third-order valence-corrected chi connectivity index (χ3v) is 4.27. The van der Waals surface area contributed by atoms with Crippen LogP contribution in [0.1, 0.15) is 31.9 Å². The topological polar surface area (TPSA) is 29.3 Å². The number of piperidine rings is 1. The van der Waals surface area contributed by atoms with Crippen molar-refractivity contribution in [3.63, 3.8) is 0 Å². The smallest absolute Gasteiger partial charge is 0.141 e.